The van der Waals surface area contributed by atoms with Gasteiger partial charge in [0.25, 0.3) is 0 Å². The molecule has 4 unspecified atom stereocenters. The highest BCUT2D eigenvalue weighted by Gasteiger charge is 2.58. The molecule has 0 saturated carbocycles. The molecule has 3 heterocycles. The number of hydrogen-bond acceptors (Lipinski definition) is 7. The highest BCUT2D eigenvalue weighted by atomic mass is 16.6. The number of ether oxygens (including phenoxy) is 3. The fourth-order valence-corrected chi connectivity index (χ4v) is 2.97. The summed E-state index contributed by atoms with van der Waals surface area (Å²) in [6, 6.07) is 5.91. The zero-order chi connectivity index (χ0) is 21.7. The van der Waals surface area contributed by atoms with E-state index < -0.39 is 11.9 Å². The molecule has 3 fully saturated rings. The molecule has 0 aliphatic carbocycles. The van der Waals surface area contributed by atoms with Gasteiger partial charge in [0.2, 0.25) is 0 Å². The van der Waals surface area contributed by atoms with E-state index in [9.17, 15) is 14.4 Å². The van der Waals surface area contributed by atoms with Gasteiger partial charge < -0.3 is 24.4 Å². The summed E-state index contributed by atoms with van der Waals surface area (Å²) in [5, 5.41) is 16.8. The van der Waals surface area contributed by atoms with Crippen molar-refractivity contribution in [3.63, 3.8) is 0 Å². The van der Waals surface area contributed by atoms with Crippen LogP contribution in [0.2, 0.25) is 0 Å². The first kappa shape index (κ1) is 22.2. The van der Waals surface area contributed by atoms with Gasteiger partial charge in [-0.25, -0.2) is 9.59 Å². The van der Waals surface area contributed by atoms with E-state index in [2.05, 4.69) is 13.2 Å². The van der Waals surface area contributed by atoms with Gasteiger partial charge in [-0.3, -0.25) is 4.79 Å². The largest absolute Gasteiger partial charge is 0.508 e. The van der Waals surface area contributed by atoms with Crippen LogP contribution in [0.15, 0.2) is 48.6 Å². The Morgan fingerprint density at radius 2 is 1.69 bits per heavy atom. The molecule has 0 spiro atoms. The topological polar surface area (TPSA) is 119 Å². The first-order valence-electron chi connectivity index (χ1n) is 9.00. The van der Waals surface area contributed by atoms with Crippen molar-refractivity contribution in [2.24, 2.45) is 5.92 Å². The van der Waals surface area contributed by atoms with E-state index in [-0.39, 0.29) is 35.4 Å². The summed E-state index contributed by atoms with van der Waals surface area (Å²) >= 11 is 0. The molecule has 2 N–H and O–H groups in total. The number of carboxylic acids is 1. The van der Waals surface area contributed by atoms with Gasteiger partial charge in [0, 0.05) is 17.6 Å². The predicted molar refractivity (Wildman–Crippen MR) is 102 cm³/mol. The highest BCUT2D eigenvalue weighted by molar-refractivity contribution is 5.88. The van der Waals surface area contributed by atoms with E-state index in [1.54, 1.807) is 6.92 Å². The molecule has 4 atom stereocenters. The van der Waals surface area contributed by atoms with Crippen LogP contribution in [0.3, 0.4) is 0 Å². The lowest BCUT2D eigenvalue weighted by atomic mass is 9.90. The van der Waals surface area contributed by atoms with Crippen LogP contribution in [0.1, 0.15) is 26.7 Å². The van der Waals surface area contributed by atoms with Crippen molar-refractivity contribution >= 4 is 17.9 Å². The van der Waals surface area contributed by atoms with Crippen molar-refractivity contribution in [3.8, 4) is 11.5 Å². The maximum absolute atomic E-state index is 11.0. The number of esters is 2. The number of carbonyl (C=O) groups is 3. The van der Waals surface area contributed by atoms with Gasteiger partial charge in [-0.1, -0.05) is 13.2 Å². The number of phenols is 1. The number of rotatable bonds is 3. The molecule has 0 amide bonds. The molecule has 0 radical (unpaired) electrons. The molecule has 3 saturated heterocycles. The van der Waals surface area contributed by atoms with Crippen LogP contribution in [0, 0.1) is 5.92 Å². The zero-order valence-corrected chi connectivity index (χ0v) is 16.3. The fourth-order valence-electron chi connectivity index (χ4n) is 2.97. The number of aromatic hydroxyl groups is 1. The smallest absolute Gasteiger partial charge is 0.338 e. The molecule has 1 aromatic rings. The summed E-state index contributed by atoms with van der Waals surface area (Å²) in [5.41, 5.74) is 0.517. The normalized spacial score (nSPS) is 25.0. The Kier molecular flexibility index (Phi) is 7.17. The Morgan fingerprint density at radius 1 is 1.10 bits per heavy atom. The summed E-state index contributed by atoms with van der Waals surface area (Å²) in [7, 11) is 0. The van der Waals surface area contributed by atoms with Crippen LogP contribution >= 0.6 is 0 Å². The molecule has 1 aromatic carbocycles. The monoisotopic (exact) mass is 404 g/mol. The number of hydrogen-bond donors (Lipinski definition) is 2. The summed E-state index contributed by atoms with van der Waals surface area (Å²) < 4.78 is 15.4. The van der Waals surface area contributed by atoms with E-state index in [0.29, 0.717) is 17.4 Å². The second-order valence-corrected chi connectivity index (χ2v) is 7.03. The molecule has 3 aliphatic rings. The van der Waals surface area contributed by atoms with Gasteiger partial charge in [-0.15, -0.1) is 0 Å². The van der Waals surface area contributed by atoms with Crippen LogP contribution in [-0.2, 0) is 23.9 Å². The second-order valence-electron chi connectivity index (χ2n) is 7.03. The third kappa shape index (κ3) is 5.92. The average molecular weight is 404 g/mol. The van der Waals surface area contributed by atoms with Crippen molar-refractivity contribution in [1.29, 1.82) is 0 Å². The van der Waals surface area contributed by atoms with Crippen LogP contribution in [0.25, 0.3) is 0 Å². The lowest BCUT2D eigenvalue weighted by molar-refractivity contribution is -0.143. The lowest BCUT2D eigenvalue weighted by Gasteiger charge is -2.07. The van der Waals surface area contributed by atoms with Gasteiger partial charge in [0.15, 0.2) is 0 Å². The molecule has 8 heteroatoms. The quantitative estimate of drug-likeness (QED) is 0.448. The van der Waals surface area contributed by atoms with E-state index in [4.69, 9.17) is 24.4 Å². The minimum atomic E-state index is -0.935. The molecular formula is C21H24O8. The molecule has 0 aromatic heterocycles. The van der Waals surface area contributed by atoms with E-state index >= 15 is 0 Å². The summed E-state index contributed by atoms with van der Waals surface area (Å²) in [6.07, 6.45) is 2.40. The van der Waals surface area contributed by atoms with Gasteiger partial charge in [-0.2, -0.15) is 0 Å². The maximum Gasteiger partial charge on any atom is 0.338 e. The molecule has 4 rings (SSSR count). The van der Waals surface area contributed by atoms with Crippen LogP contribution in [0.5, 0.6) is 11.5 Å². The molecule has 29 heavy (non-hydrogen) atoms. The lowest BCUT2D eigenvalue weighted by Crippen LogP contribution is -2.22. The molecule has 156 valence electrons. The third-order valence-electron chi connectivity index (χ3n) is 4.46. The van der Waals surface area contributed by atoms with Crippen LogP contribution < -0.4 is 4.74 Å². The zero-order valence-electron chi connectivity index (χ0n) is 16.3. The number of fused-ring (bicyclic) bond motifs is 1. The molecule has 3 aliphatic heterocycles. The second kappa shape index (κ2) is 9.38. The standard InChI is InChI=1S/C10H10O3.C7H8O3.C4H6O2/c1-7(2)10(12)13-9-5-3-8(11)4-6-9;8-7-4-1-3-2-5(10-7)6(4)9-3;1-3(2)4(5)6/h3-6,11H,1H2,2H3;3-6H,1-2H2;1H2,2H3,(H,5,6). The summed E-state index contributed by atoms with van der Waals surface area (Å²) in [6.45, 7) is 9.62. The Morgan fingerprint density at radius 3 is 2.10 bits per heavy atom. The first-order chi connectivity index (χ1) is 13.6. The van der Waals surface area contributed by atoms with E-state index in [1.807, 2.05) is 0 Å². The van der Waals surface area contributed by atoms with Crippen LogP contribution in [0.4, 0.5) is 0 Å². The number of carboxylic acid groups (broad SMARTS) is 1. The van der Waals surface area contributed by atoms with Gasteiger partial charge >= 0.3 is 17.9 Å². The maximum atomic E-state index is 11.0. The van der Waals surface area contributed by atoms with Crippen molar-refractivity contribution in [1.82, 2.24) is 0 Å². The van der Waals surface area contributed by atoms with E-state index in [0.717, 1.165) is 12.8 Å². The van der Waals surface area contributed by atoms with Crippen molar-refractivity contribution in [2.45, 2.75) is 45.0 Å². The molecule has 8 nitrogen and oxygen atoms in total. The van der Waals surface area contributed by atoms with Crippen molar-refractivity contribution in [3.05, 3.63) is 48.6 Å². The minimum absolute atomic E-state index is 0.0324. The first-order valence-corrected chi connectivity index (χ1v) is 9.00. The molecular weight excluding hydrogens is 380 g/mol. The minimum Gasteiger partial charge on any atom is -0.508 e. The fraction of sp³-hybridized carbons (Fsp3) is 0.381. The summed E-state index contributed by atoms with van der Waals surface area (Å²) in [4.78, 5) is 31.6. The van der Waals surface area contributed by atoms with Gasteiger partial charge in [0.1, 0.15) is 23.7 Å². The van der Waals surface area contributed by atoms with Crippen molar-refractivity contribution < 1.29 is 38.8 Å². The number of carbonyl (C=O) groups excluding carboxylic acids is 2. The van der Waals surface area contributed by atoms with Crippen LogP contribution in [-0.4, -0.2) is 46.4 Å². The highest BCUT2D eigenvalue weighted by Crippen LogP contribution is 2.45. The predicted octanol–water partition coefficient (Wildman–Crippen LogP) is 2.61. The SMILES string of the molecule is C=C(C)C(=O)O.C=C(C)C(=O)Oc1ccc(O)cc1.O=C1OC2CC3CC1C2O3. The summed E-state index contributed by atoms with van der Waals surface area (Å²) in [5.74, 6) is -0.819. The van der Waals surface area contributed by atoms with Gasteiger partial charge in [-0.05, 0) is 44.5 Å². The Hall–Kier alpha value is -3.13. The Bertz CT molecular complexity index is 796. The van der Waals surface area contributed by atoms with Crippen molar-refractivity contribution in [2.75, 3.05) is 0 Å². The Labute approximate surface area is 168 Å². The van der Waals surface area contributed by atoms with Gasteiger partial charge in [0.05, 0.1) is 12.0 Å². The number of benzene rings is 1. The molecule has 2 bridgehead atoms. The van der Waals surface area contributed by atoms with E-state index in [1.165, 1.54) is 31.2 Å². The average Bonchev–Trinajstić information content (AvgIpc) is 3.28. The number of phenolic OH excluding ortho intramolecular Hbond substituents is 1. The third-order valence-corrected chi connectivity index (χ3v) is 4.46. The Balaban J connectivity index is 0.000000166. The number of aliphatic carboxylic acids is 1.